The first kappa shape index (κ1) is 19.1. The van der Waals surface area contributed by atoms with Gasteiger partial charge in [-0.1, -0.05) is 18.5 Å². The molecule has 0 aliphatic rings. The molecule has 0 saturated heterocycles. The lowest BCUT2D eigenvalue weighted by Gasteiger charge is -2.14. The summed E-state index contributed by atoms with van der Waals surface area (Å²) in [5.41, 5.74) is 2.14. The summed E-state index contributed by atoms with van der Waals surface area (Å²) in [4.78, 5) is 11.8. The highest BCUT2D eigenvalue weighted by atomic mass is 35.5. The second kappa shape index (κ2) is 9.32. The summed E-state index contributed by atoms with van der Waals surface area (Å²) in [6, 6.07) is 8.97. The van der Waals surface area contributed by atoms with Crippen molar-refractivity contribution in [3.8, 4) is 5.75 Å². The quantitative estimate of drug-likeness (QED) is 0.707. The lowest BCUT2D eigenvalue weighted by molar-refractivity contribution is 0.234. The summed E-state index contributed by atoms with van der Waals surface area (Å²) in [5.74, 6) is 1.01. The number of halogens is 1. The molecule has 1 aromatic heterocycles. The molecule has 0 bridgehead atoms. The van der Waals surface area contributed by atoms with E-state index < -0.39 is 0 Å². The van der Waals surface area contributed by atoms with Crippen molar-refractivity contribution in [2.45, 2.75) is 27.3 Å². The monoisotopic (exact) mass is 364 g/mol. The Kier molecular flexibility index (Phi) is 7.13. The topological polar surface area (TPSA) is 68.2 Å². The second-order valence-electron chi connectivity index (χ2n) is 6.15. The van der Waals surface area contributed by atoms with E-state index in [1.54, 1.807) is 24.3 Å². The number of urea groups is 1. The molecule has 0 radical (unpaired) electrons. The van der Waals surface area contributed by atoms with Crippen LogP contribution < -0.4 is 15.4 Å². The van der Waals surface area contributed by atoms with E-state index >= 15 is 0 Å². The Bertz CT molecular complexity index is 685. The molecule has 0 spiro atoms. The van der Waals surface area contributed by atoms with Gasteiger partial charge in [0.05, 0.1) is 12.2 Å². The normalized spacial score (nSPS) is 11.8. The van der Waals surface area contributed by atoms with Gasteiger partial charge in [-0.05, 0) is 50.1 Å². The van der Waals surface area contributed by atoms with Gasteiger partial charge in [-0.2, -0.15) is 5.10 Å². The Balaban J connectivity index is 1.60. The van der Waals surface area contributed by atoms with Crippen molar-refractivity contribution in [3.05, 3.63) is 46.7 Å². The van der Waals surface area contributed by atoms with Gasteiger partial charge in [0.25, 0.3) is 0 Å². The molecule has 136 valence electrons. The molecule has 0 saturated carbocycles. The molecule has 1 heterocycles. The molecular formula is C18H25ClN4O2. The lowest BCUT2D eigenvalue weighted by Crippen LogP contribution is -2.40. The maximum absolute atomic E-state index is 11.8. The number of amides is 2. The molecule has 0 fully saturated rings. The first-order chi connectivity index (χ1) is 11.9. The first-order valence-electron chi connectivity index (χ1n) is 8.35. The van der Waals surface area contributed by atoms with Crippen molar-refractivity contribution in [2.24, 2.45) is 5.92 Å². The van der Waals surface area contributed by atoms with E-state index in [0.717, 1.165) is 23.7 Å². The summed E-state index contributed by atoms with van der Waals surface area (Å²) in [6.07, 6.45) is 0. The van der Waals surface area contributed by atoms with Crippen LogP contribution in [0.25, 0.3) is 0 Å². The van der Waals surface area contributed by atoms with Gasteiger partial charge in [-0.15, -0.1) is 0 Å². The van der Waals surface area contributed by atoms with Crippen LogP contribution in [0.4, 0.5) is 4.79 Å². The number of hydrogen-bond donors (Lipinski definition) is 2. The number of hydrogen-bond acceptors (Lipinski definition) is 3. The molecule has 2 rings (SSSR count). The molecule has 2 amide bonds. The highest BCUT2D eigenvalue weighted by Gasteiger charge is 2.08. The summed E-state index contributed by atoms with van der Waals surface area (Å²) in [5, 5.41) is 10.7. The van der Waals surface area contributed by atoms with E-state index in [0.29, 0.717) is 24.7 Å². The zero-order valence-electron chi connectivity index (χ0n) is 14.9. The summed E-state index contributed by atoms with van der Waals surface area (Å²) >= 11 is 5.81. The van der Waals surface area contributed by atoms with Crippen LogP contribution >= 0.6 is 11.6 Å². The minimum Gasteiger partial charge on any atom is -0.492 e. The van der Waals surface area contributed by atoms with Crippen LogP contribution in [0.5, 0.6) is 5.75 Å². The van der Waals surface area contributed by atoms with Crippen molar-refractivity contribution in [3.63, 3.8) is 0 Å². The summed E-state index contributed by atoms with van der Waals surface area (Å²) < 4.78 is 7.49. The lowest BCUT2D eigenvalue weighted by atomic mass is 10.2. The number of aryl methyl sites for hydroxylation is 2. The van der Waals surface area contributed by atoms with Gasteiger partial charge in [-0.25, -0.2) is 4.79 Å². The van der Waals surface area contributed by atoms with E-state index in [1.807, 2.05) is 24.6 Å². The number of carbonyl (C=O) groups excluding carboxylic acids is 1. The number of nitrogens with zero attached hydrogens (tertiary/aromatic N) is 2. The standard InChI is InChI=1S/C18H25ClN4O2/c1-13(12-23-15(3)10-14(2)22-23)11-21-18(24)20-8-9-25-17-6-4-16(19)5-7-17/h4-7,10,13H,8-9,11-12H2,1-3H3,(H2,20,21,24). The highest BCUT2D eigenvalue weighted by molar-refractivity contribution is 6.30. The zero-order chi connectivity index (χ0) is 18.2. The third kappa shape index (κ3) is 6.66. The van der Waals surface area contributed by atoms with Crippen LogP contribution in [0.2, 0.25) is 5.02 Å². The highest BCUT2D eigenvalue weighted by Crippen LogP contribution is 2.15. The predicted octanol–water partition coefficient (Wildman–Crippen LogP) is 3.17. The van der Waals surface area contributed by atoms with Gasteiger partial charge in [0.2, 0.25) is 0 Å². The zero-order valence-corrected chi connectivity index (χ0v) is 15.6. The maximum Gasteiger partial charge on any atom is 0.314 e. The molecule has 1 aromatic carbocycles. The Morgan fingerprint density at radius 1 is 1.28 bits per heavy atom. The Morgan fingerprint density at radius 3 is 2.64 bits per heavy atom. The fourth-order valence-electron chi connectivity index (χ4n) is 2.41. The van der Waals surface area contributed by atoms with Gasteiger partial charge < -0.3 is 15.4 Å². The third-order valence-electron chi connectivity index (χ3n) is 3.67. The van der Waals surface area contributed by atoms with Crippen molar-refractivity contribution < 1.29 is 9.53 Å². The Labute approximate surface area is 153 Å². The number of benzene rings is 1. The van der Waals surface area contributed by atoms with Crippen molar-refractivity contribution >= 4 is 17.6 Å². The summed E-state index contributed by atoms with van der Waals surface area (Å²) in [7, 11) is 0. The van der Waals surface area contributed by atoms with Crippen LogP contribution in [0.15, 0.2) is 30.3 Å². The molecule has 1 atom stereocenters. The maximum atomic E-state index is 11.8. The van der Waals surface area contributed by atoms with E-state index in [-0.39, 0.29) is 11.9 Å². The van der Waals surface area contributed by atoms with Gasteiger partial charge >= 0.3 is 6.03 Å². The Hall–Kier alpha value is -2.21. The largest absolute Gasteiger partial charge is 0.492 e. The minimum absolute atomic E-state index is 0.195. The van der Waals surface area contributed by atoms with Crippen LogP contribution in [-0.2, 0) is 6.54 Å². The number of carbonyl (C=O) groups is 1. The van der Waals surface area contributed by atoms with Gasteiger partial charge in [0.1, 0.15) is 12.4 Å². The third-order valence-corrected chi connectivity index (χ3v) is 3.92. The minimum atomic E-state index is -0.195. The second-order valence-corrected chi connectivity index (χ2v) is 6.59. The van der Waals surface area contributed by atoms with E-state index in [9.17, 15) is 4.79 Å². The molecule has 7 heteroatoms. The Morgan fingerprint density at radius 2 is 2.00 bits per heavy atom. The van der Waals surface area contributed by atoms with Crippen LogP contribution in [0, 0.1) is 19.8 Å². The van der Waals surface area contributed by atoms with Crippen molar-refractivity contribution in [2.75, 3.05) is 19.7 Å². The fourth-order valence-corrected chi connectivity index (χ4v) is 2.54. The van der Waals surface area contributed by atoms with Gasteiger partial charge in [-0.3, -0.25) is 4.68 Å². The predicted molar refractivity (Wildman–Crippen MR) is 99.2 cm³/mol. The number of ether oxygens (including phenoxy) is 1. The molecule has 6 nitrogen and oxygen atoms in total. The van der Waals surface area contributed by atoms with Gasteiger partial charge in [0, 0.05) is 23.8 Å². The van der Waals surface area contributed by atoms with Gasteiger partial charge in [0.15, 0.2) is 0 Å². The summed E-state index contributed by atoms with van der Waals surface area (Å²) in [6.45, 7) is 8.29. The molecule has 0 aliphatic carbocycles. The molecule has 2 N–H and O–H groups in total. The first-order valence-corrected chi connectivity index (χ1v) is 8.73. The molecule has 1 unspecified atom stereocenters. The molecule has 25 heavy (non-hydrogen) atoms. The SMILES string of the molecule is Cc1cc(C)n(CC(C)CNC(=O)NCCOc2ccc(Cl)cc2)n1. The number of aromatic nitrogens is 2. The van der Waals surface area contributed by atoms with Crippen molar-refractivity contribution in [1.29, 1.82) is 0 Å². The van der Waals surface area contributed by atoms with E-state index in [4.69, 9.17) is 16.3 Å². The molecule has 2 aromatic rings. The van der Waals surface area contributed by atoms with Crippen molar-refractivity contribution in [1.82, 2.24) is 20.4 Å². The average Bonchev–Trinajstić information content (AvgIpc) is 2.88. The molecule has 0 aliphatic heterocycles. The van der Waals surface area contributed by atoms with Crippen LogP contribution in [0.1, 0.15) is 18.3 Å². The smallest absolute Gasteiger partial charge is 0.314 e. The van der Waals surface area contributed by atoms with E-state index in [2.05, 4.69) is 22.7 Å². The van der Waals surface area contributed by atoms with Crippen LogP contribution in [-0.4, -0.2) is 35.5 Å². The number of nitrogens with one attached hydrogen (secondary N) is 2. The average molecular weight is 365 g/mol. The fraction of sp³-hybridized carbons (Fsp3) is 0.444. The van der Waals surface area contributed by atoms with E-state index in [1.165, 1.54) is 0 Å². The number of rotatable bonds is 8. The van der Waals surface area contributed by atoms with Crippen LogP contribution in [0.3, 0.4) is 0 Å². The molecular weight excluding hydrogens is 340 g/mol.